The minimum atomic E-state index is -0.0477. The van der Waals surface area contributed by atoms with Crippen LogP contribution in [-0.2, 0) is 17.8 Å². The van der Waals surface area contributed by atoms with Crippen molar-refractivity contribution >= 4 is 5.91 Å². The van der Waals surface area contributed by atoms with E-state index in [0.717, 1.165) is 12.0 Å². The molecule has 2 aromatic rings. The predicted octanol–water partition coefficient (Wildman–Crippen LogP) is 3.37. The van der Waals surface area contributed by atoms with E-state index < -0.39 is 0 Å². The average molecular weight is 296 g/mol. The van der Waals surface area contributed by atoms with Crippen molar-refractivity contribution < 1.29 is 4.79 Å². The van der Waals surface area contributed by atoms with Gasteiger partial charge in [0, 0.05) is 20.0 Å². The zero-order chi connectivity index (χ0) is 15.9. The fraction of sp³-hybridized carbons (Fsp3) is 0.316. The van der Waals surface area contributed by atoms with Gasteiger partial charge in [-0.2, -0.15) is 0 Å². The summed E-state index contributed by atoms with van der Waals surface area (Å²) in [5, 5.41) is 3.68. The van der Waals surface area contributed by atoms with Gasteiger partial charge in [-0.25, -0.2) is 5.01 Å². The van der Waals surface area contributed by atoms with Crippen LogP contribution in [0, 0.1) is 5.92 Å². The Labute approximate surface area is 133 Å². The summed E-state index contributed by atoms with van der Waals surface area (Å²) in [6, 6.07) is 20.3. The molecule has 0 aliphatic carbocycles. The lowest BCUT2D eigenvalue weighted by atomic mass is 10.00. The van der Waals surface area contributed by atoms with Gasteiger partial charge in [0.15, 0.2) is 0 Å². The molecule has 0 saturated heterocycles. The van der Waals surface area contributed by atoms with Crippen molar-refractivity contribution in [2.24, 2.45) is 5.92 Å². The first kappa shape index (κ1) is 16.2. The third-order valence-electron chi connectivity index (χ3n) is 3.72. The minimum absolute atomic E-state index is 0.0477. The standard InChI is InChI=1S/C19H24N2O/c1-16(14-17-10-6-4-7-11-17)19(22)21(20(2)3)15-18-12-8-5-9-13-18/h4-13,16H,14-15H2,1-3H3. The Bertz CT molecular complexity index is 581. The molecular formula is C19H24N2O. The summed E-state index contributed by atoms with van der Waals surface area (Å²) in [5.41, 5.74) is 2.33. The summed E-state index contributed by atoms with van der Waals surface area (Å²) in [5.74, 6) is 0.103. The molecule has 0 aromatic heterocycles. The maximum absolute atomic E-state index is 12.8. The zero-order valence-electron chi connectivity index (χ0n) is 13.6. The molecule has 0 N–H and O–H groups in total. The Hall–Kier alpha value is -2.13. The largest absolute Gasteiger partial charge is 0.273 e. The molecule has 0 bridgehead atoms. The van der Waals surface area contributed by atoms with E-state index in [1.54, 1.807) is 0 Å². The second-order valence-electron chi connectivity index (χ2n) is 5.82. The molecule has 3 nitrogen and oxygen atoms in total. The van der Waals surface area contributed by atoms with E-state index in [9.17, 15) is 4.79 Å². The number of hydrogen-bond donors (Lipinski definition) is 0. The Morgan fingerprint density at radius 3 is 1.91 bits per heavy atom. The summed E-state index contributed by atoms with van der Waals surface area (Å²) in [7, 11) is 3.83. The highest BCUT2D eigenvalue weighted by Crippen LogP contribution is 2.14. The van der Waals surface area contributed by atoms with Crippen LogP contribution in [0.25, 0.3) is 0 Å². The maximum atomic E-state index is 12.8. The summed E-state index contributed by atoms with van der Waals surface area (Å²) in [6.45, 7) is 2.60. The molecule has 1 amide bonds. The van der Waals surface area contributed by atoms with Crippen molar-refractivity contribution in [3.63, 3.8) is 0 Å². The van der Waals surface area contributed by atoms with E-state index >= 15 is 0 Å². The lowest BCUT2D eigenvalue weighted by Crippen LogP contribution is -2.44. The normalized spacial score (nSPS) is 12.2. The highest BCUT2D eigenvalue weighted by molar-refractivity contribution is 5.78. The van der Waals surface area contributed by atoms with Crippen molar-refractivity contribution in [3.05, 3.63) is 71.8 Å². The highest BCUT2D eigenvalue weighted by Gasteiger charge is 2.22. The number of hydrogen-bond acceptors (Lipinski definition) is 2. The van der Waals surface area contributed by atoms with Crippen LogP contribution in [-0.4, -0.2) is 30.0 Å². The second kappa shape index (κ2) is 7.76. The second-order valence-corrected chi connectivity index (χ2v) is 5.82. The van der Waals surface area contributed by atoms with Gasteiger partial charge in [0.05, 0.1) is 6.54 Å². The quantitative estimate of drug-likeness (QED) is 0.763. The van der Waals surface area contributed by atoms with Crippen molar-refractivity contribution in [1.82, 2.24) is 10.0 Å². The first-order chi connectivity index (χ1) is 10.6. The van der Waals surface area contributed by atoms with Gasteiger partial charge in [-0.3, -0.25) is 9.80 Å². The van der Waals surface area contributed by atoms with Gasteiger partial charge in [0.25, 0.3) is 0 Å². The number of nitrogens with zero attached hydrogens (tertiary/aromatic N) is 2. The van der Waals surface area contributed by atoms with Crippen LogP contribution in [0.15, 0.2) is 60.7 Å². The first-order valence-electron chi connectivity index (χ1n) is 7.64. The fourth-order valence-electron chi connectivity index (χ4n) is 2.48. The SMILES string of the molecule is CC(Cc1ccccc1)C(=O)N(Cc1ccccc1)N(C)C. The van der Waals surface area contributed by atoms with E-state index in [2.05, 4.69) is 12.1 Å². The highest BCUT2D eigenvalue weighted by atomic mass is 16.2. The summed E-state index contributed by atoms with van der Waals surface area (Å²) in [4.78, 5) is 12.8. The van der Waals surface area contributed by atoms with E-state index in [1.165, 1.54) is 5.56 Å². The fourth-order valence-corrected chi connectivity index (χ4v) is 2.48. The molecule has 1 atom stereocenters. The molecule has 0 heterocycles. The molecule has 0 radical (unpaired) electrons. The van der Waals surface area contributed by atoms with Gasteiger partial charge in [-0.15, -0.1) is 0 Å². The molecule has 0 aliphatic rings. The van der Waals surface area contributed by atoms with Gasteiger partial charge >= 0.3 is 0 Å². The van der Waals surface area contributed by atoms with E-state index in [4.69, 9.17) is 0 Å². The van der Waals surface area contributed by atoms with Gasteiger partial charge in [-0.05, 0) is 17.5 Å². The van der Waals surface area contributed by atoms with Crippen LogP contribution in [0.1, 0.15) is 18.1 Å². The molecule has 3 heteroatoms. The van der Waals surface area contributed by atoms with Gasteiger partial charge < -0.3 is 0 Å². The number of carbonyl (C=O) groups excluding carboxylic acids is 1. The van der Waals surface area contributed by atoms with Crippen LogP contribution in [0.2, 0.25) is 0 Å². The summed E-state index contributed by atoms with van der Waals surface area (Å²) < 4.78 is 0. The van der Waals surface area contributed by atoms with Crippen LogP contribution in [0.5, 0.6) is 0 Å². The monoisotopic (exact) mass is 296 g/mol. The molecule has 1 unspecified atom stereocenters. The smallest absolute Gasteiger partial charge is 0.240 e. The van der Waals surface area contributed by atoms with Gasteiger partial charge in [-0.1, -0.05) is 67.6 Å². The maximum Gasteiger partial charge on any atom is 0.240 e. The molecule has 2 rings (SSSR count). The topological polar surface area (TPSA) is 23.6 Å². The third-order valence-corrected chi connectivity index (χ3v) is 3.72. The Kier molecular flexibility index (Phi) is 5.73. The number of rotatable bonds is 6. The summed E-state index contributed by atoms with van der Waals surface area (Å²) in [6.07, 6.45) is 0.763. The van der Waals surface area contributed by atoms with Crippen LogP contribution in [0.3, 0.4) is 0 Å². The minimum Gasteiger partial charge on any atom is -0.273 e. The number of carbonyl (C=O) groups is 1. The van der Waals surface area contributed by atoms with Crippen molar-refractivity contribution in [3.8, 4) is 0 Å². The molecule has 0 aliphatic heterocycles. The van der Waals surface area contributed by atoms with E-state index in [1.807, 2.05) is 79.6 Å². The lowest BCUT2D eigenvalue weighted by Gasteiger charge is -2.31. The first-order valence-corrected chi connectivity index (χ1v) is 7.64. The molecule has 116 valence electrons. The molecule has 0 fully saturated rings. The van der Waals surface area contributed by atoms with Crippen molar-refractivity contribution in [1.29, 1.82) is 0 Å². The Balaban J connectivity index is 2.06. The molecule has 22 heavy (non-hydrogen) atoms. The van der Waals surface area contributed by atoms with Crippen molar-refractivity contribution in [2.75, 3.05) is 14.1 Å². The number of benzene rings is 2. The zero-order valence-corrected chi connectivity index (χ0v) is 13.6. The van der Waals surface area contributed by atoms with Crippen LogP contribution >= 0.6 is 0 Å². The van der Waals surface area contributed by atoms with E-state index in [-0.39, 0.29) is 11.8 Å². The van der Waals surface area contributed by atoms with Gasteiger partial charge in [0.2, 0.25) is 5.91 Å². The van der Waals surface area contributed by atoms with Crippen molar-refractivity contribution in [2.45, 2.75) is 19.9 Å². The van der Waals surface area contributed by atoms with E-state index in [0.29, 0.717) is 6.54 Å². The summed E-state index contributed by atoms with van der Waals surface area (Å²) >= 11 is 0. The van der Waals surface area contributed by atoms with Gasteiger partial charge in [0.1, 0.15) is 0 Å². The molecule has 0 spiro atoms. The molecule has 2 aromatic carbocycles. The van der Waals surface area contributed by atoms with Crippen LogP contribution in [0.4, 0.5) is 0 Å². The third kappa shape index (κ3) is 4.43. The number of hydrazine groups is 1. The molecule has 0 saturated carbocycles. The lowest BCUT2D eigenvalue weighted by molar-refractivity contribution is -0.150. The van der Waals surface area contributed by atoms with Crippen LogP contribution < -0.4 is 0 Å². The predicted molar refractivity (Wildman–Crippen MR) is 90.0 cm³/mol. The Morgan fingerprint density at radius 1 is 0.909 bits per heavy atom. The molecular weight excluding hydrogens is 272 g/mol. The number of amides is 1. The average Bonchev–Trinajstić information content (AvgIpc) is 2.53. The Morgan fingerprint density at radius 2 is 1.41 bits per heavy atom.